The summed E-state index contributed by atoms with van der Waals surface area (Å²) in [5, 5.41) is 10.1. The summed E-state index contributed by atoms with van der Waals surface area (Å²) in [5.74, 6) is 0. The second-order valence-electron chi connectivity index (χ2n) is 2.82. The van der Waals surface area contributed by atoms with Gasteiger partial charge >= 0.3 is 0 Å². The lowest BCUT2D eigenvalue weighted by atomic mass is 10.2. The van der Waals surface area contributed by atoms with Crippen LogP contribution >= 0.6 is 11.8 Å². The van der Waals surface area contributed by atoms with E-state index in [1.54, 1.807) is 6.92 Å². The average molecular weight is 198 g/mol. The Morgan fingerprint density at radius 2 is 2.38 bits per heavy atom. The van der Waals surface area contributed by atoms with Crippen LogP contribution in [0.4, 0.5) is 0 Å². The highest BCUT2D eigenvalue weighted by atomic mass is 32.2. The minimum atomic E-state index is -0.412. The molecule has 1 aromatic heterocycles. The maximum absolute atomic E-state index is 9.20. The molecule has 0 amide bonds. The van der Waals surface area contributed by atoms with Gasteiger partial charge in [0, 0.05) is 11.8 Å². The van der Waals surface area contributed by atoms with Gasteiger partial charge in [-0.3, -0.25) is 0 Å². The molecule has 0 saturated carbocycles. The summed E-state index contributed by atoms with van der Waals surface area (Å²) in [7, 11) is 0. The third kappa shape index (κ3) is 3.32. The highest BCUT2D eigenvalue weighted by Crippen LogP contribution is 2.23. The molecule has 72 valence electrons. The standard InChI is InChI=1S/C9H14N2OS/c1-3-4-8-5-10-6-11-9(8)13-7(2)12/h5-7,12H,3-4H2,1-2H3. The van der Waals surface area contributed by atoms with Crippen LogP contribution in [0.1, 0.15) is 25.8 Å². The van der Waals surface area contributed by atoms with E-state index >= 15 is 0 Å². The SMILES string of the molecule is CCCc1cncnc1SC(C)O. The van der Waals surface area contributed by atoms with E-state index in [1.807, 2.05) is 6.20 Å². The smallest absolute Gasteiger partial charge is 0.116 e. The third-order valence-electron chi connectivity index (χ3n) is 1.55. The molecule has 0 aliphatic carbocycles. The van der Waals surface area contributed by atoms with Gasteiger partial charge in [0.25, 0.3) is 0 Å². The van der Waals surface area contributed by atoms with E-state index in [0.717, 1.165) is 23.4 Å². The first-order chi connectivity index (χ1) is 6.24. The predicted molar refractivity (Wildman–Crippen MR) is 53.6 cm³/mol. The van der Waals surface area contributed by atoms with Crippen LogP contribution in [0.15, 0.2) is 17.6 Å². The average Bonchev–Trinajstić information content (AvgIpc) is 2.08. The van der Waals surface area contributed by atoms with Crippen LogP contribution < -0.4 is 0 Å². The lowest BCUT2D eigenvalue weighted by molar-refractivity contribution is 0.283. The summed E-state index contributed by atoms with van der Waals surface area (Å²) < 4.78 is 0. The first-order valence-electron chi connectivity index (χ1n) is 4.37. The Balaban J connectivity index is 2.78. The Labute approximate surface area is 82.6 Å². The van der Waals surface area contributed by atoms with Crippen molar-refractivity contribution in [3.63, 3.8) is 0 Å². The zero-order valence-corrected chi connectivity index (χ0v) is 8.71. The first kappa shape index (κ1) is 10.5. The van der Waals surface area contributed by atoms with Crippen molar-refractivity contribution in [2.75, 3.05) is 0 Å². The van der Waals surface area contributed by atoms with E-state index in [4.69, 9.17) is 0 Å². The number of aryl methyl sites for hydroxylation is 1. The highest BCUT2D eigenvalue weighted by molar-refractivity contribution is 7.99. The Kier molecular flexibility index (Phi) is 4.18. The van der Waals surface area contributed by atoms with Crippen molar-refractivity contribution in [2.45, 2.75) is 37.2 Å². The first-order valence-corrected chi connectivity index (χ1v) is 5.25. The Morgan fingerprint density at radius 1 is 1.62 bits per heavy atom. The zero-order valence-electron chi connectivity index (χ0n) is 7.90. The molecule has 1 unspecified atom stereocenters. The van der Waals surface area contributed by atoms with Crippen molar-refractivity contribution < 1.29 is 5.11 Å². The number of nitrogens with zero attached hydrogens (tertiary/aromatic N) is 2. The Morgan fingerprint density at radius 3 is 3.00 bits per heavy atom. The Bertz CT molecular complexity index is 266. The van der Waals surface area contributed by atoms with Crippen LogP contribution in [0.5, 0.6) is 0 Å². The quantitative estimate of drug-likeness (QED) is 0.455. The minimum Gasteiger partial charge on any atom is -0.382 e. The molecule has 0 bridgehead atoms. The molecule has 1 rings (SSSR count). The van der Waals surface area contributed by atoms with Gasteiger partial charge in [-0.1, -0.05) is 25.1 Å². The van der Waals surface area contributed by atoms with Gasteiger partial charge in [0.2, 0.25) is 0 Å². The molecule has 1 N–H and O–H groups in total. The predicted octanol–water partition coefficient (Wildman–Crippen LogP) is 1.86. The molecule has 4 heteroatoms. The summed E-state index contributed by atoms with van der Waals surface area (Å²) >= 11 is 1.37. The van der Waals surface area contributed by atoms with Gasteiger partial charge in [-0.2, -0.15) is 0 Å². The fourth-order valence-corrected chi connectivity index (χ4v) is 1.79. The number of hydrogen-bond donors (Lipinski definition) is 1. The number of rotatable bonds is 4. The number of aliphatic hydroxyl groups is 1. The minimum absolute atomic E-state index is 0.412. The van der Waals surface area contributed by atoms with E-state index in [9.17, 15) is 5.11 Å². The van der Waals surface area contributed by atoms with Gasteiger partial charge in [0.1, 0.15) is 16.8 Å². The topological polar surface area (TPSA) is 46.0 Å². The molecular formula is C9H14N2OS. The van der Waals surface area contributed by atoms with Gasteiger partial charge in [-0.15, -0.1) is 0 Å². The highest BCUT2D eigenvalue weighted by Gasteiger charge is 2.06. The summed E-state index contributed by atoms with van der Waals surface area (Å²) in [4.78, 5) is 8.09. The molecule has 1 heterocycles. The van der Waals surface area contributed by atoms with Crippen LogP contribution in [-0.4, -0.2) is 20.5 Å². The molecule has 0 aromatic carbocycles. The monoisotopic (exact) mass is 198 g/mol. The summed E-state index contributed by atoms with van der Waals surface area (Å²) in [5.41, 5.74) is 0.710. The molecule has 1 aromatic rings. The van der Waals surface area contributed by atoms with Crippen molar-refractivity contribution in [2.24, 2.45) is 0 Å². The molecule has 0 spiro atoms. The maximum Gasteiger partial charge on any atom is 0.116 e. The molecule has 1 atom stereocenters. The fraction of sp³-hybridized carbons (Fsp3) is 0.556. The molecule has 0 radical (unpaired) electrons. The van der Waals surface area contributed by atoms with Crippen LogP contribution in [0.3, 0.4) is 0 Å². The number of hydrogen-bond acceptors (Lipinski definition) is 4. The van der Waals surface area contributed by atoms with Gasteiger partial charge in [0.05, 0.1) is 0 Å². The van der Waals surface area contributed by atoms with E-state index in [2.05, 4.69) is 16.9 Å². The van der Waals surface area contributed by atoms with E-state index < -0.39 is 5.44 Å². The van der Waals surface area contributed by atoms with Crippen molar-refractivity contribution in [3.05, 3.63) is 18.1 Å². The Hall–Kier alpha value is -0.610. The largest absolute Gasteiger partial charge is 0.382 e. The fourth-order valence-electron chi connectivity index (χ4n) is 1.06. The third-order valence-corrected chi connectivity index (χ3v) is 2.48. The molecule has 0 aliphatic heterocycles. The van der Waals surface area contributed by atoms with Crippen LogP contribution in [0.2, 0.25) is 0 Å². The molecule has 0 fully saturated rings. The number of aliphatic hydroxyl groups excluding tert-OH is 1. The van der Waals surface area contributed by atoms with Gasteiger partial charge in [-0.25, -0.2) is 9.97 Å². The van der Waals surface area contributed by atoms with Crippen LogP contribution in [0, 0.1) is 0 Å². The molecule has 3 nitrogen and oxygen atoms in total. The van der Waals surface area contributed by atoms with Crippen molar-refractivity contribution in [3.8, 4) is 0 Å². The number of thioether (sulfide) groups is 1. The lowest BCUT2D eigenvalue weighted by Crippen LogP contribution is -1.98. The molecule has 0 aliphatic rings. The molecule has 13 heavy (non-hydrogen) atoms. The zero-order chi connectivity index (χ0) is 9.68. The van der Waals surface area contributed by atoms with E-state index in [0.29, 0.717) is 0 Å². The normalized spacial score (nSPS) is 12.8. The second-order valence-corrected chi connectivity index (χ2v) is 4.12. The second kappa shape index (κ2) is 5.19. The summed E-state index contributed by atoms with van der Waals surface area (Å²) in [6, 6.07) is 0. The molecular weight excluding hydrogens is 184 g/mol. The van der Waals surface area contributed by atoms with Gasteiger partial charge < -0.3 is 5.11 Å². The van der Waals surface area contributed by atoms with Crippen molar-refractivity contribution in [1.29, 1.82) is 0 Å². The maximum atomic E-state index is 9.20. The summed E-state index contributed by atoms with van der Waals surface area (Å²) in [6.07, 6.45) is 5.38. The summed E-state index contributed by atoms with van der Waals surface area (Å²) in [6.45, 7) is 3.85. The van der Waals surface area contributed by atoms with Crippen molar-refractivity contribution in [1.82, 2.24) is 9.97 Å². The van der Waals surface area contributed by atoms with Crippen molar-refractivity contribution >= 4 is 11.8 Å². The van der Waals surface area contributed by atoms with Gasteiger partial charge in [-0.05, 0) is 13.3 Å². The van der Waals surface area contributed by atoms with Gasteiger partial charge in [0.15, 0.2) is 0 Å². The lowest BCUT2D eigenvalue weighted by Gasteiger charge is -2.07. The number of aromatic nitrogens is 2. The van der Waals surface area contributed by atoms with E-state index in [-0.39, 0.29) is 0 Å². The van der Waals surface area contributed by atoms with Crippen LogP contribution in [-0.2, 0) is 6.42 Å². The van der Waals surface area contributed by atoms with E-state index in [1.165, 1.54) is 18.1 Å². The molecule has 0 saturated heterocycles. The van der Waals surface area contributed by atoms with Crippen LogP contribution in [0.25, 0.3) is 0 Å².